The molecule has 0 aliphatic carbocycles. The van der Waals surface area contributed by atoms with Gasteiger partial charge in [0.05, 0.1) is 6.04 Å². The van der Waals surface area contributed by atoms with Gasteiger partial charge >= 0.3 is 0 Å². The van der Waals surface area contributed by atoms with Gasteiger partial charge in [0.1, 0.15) is 5.25 Å². The van der Waals surface area contributed by atoms with Gasteiger partial charge in [-0.15, -0.1) is 0 Å². The summed E-state index contributed by atoms with van der Waals surface area (Å²) in [6, 6.07) is -0.344. The van der Waals surface area contributed by atoms with Crippen molar-refractivity contribution in [3.63, 3.8) is 0 Å². The molecule has 2 unspecified atom stereocenters. The summed E-state index contributed by atoms with van der Waals surface area (Å²) in [4.78, 5) is 4.05. The maximum Gasteiger partial charge on any atom is 0.243 e. The van der Waals surface area contributed by atoms with E-state index in [0.717, 1.165) is 12.7 Å². The number of hydrogen-bond donors (Lipinski definition) is 1. The maximum absolute atomic E-state index is 11.3. The third-order valence-corrected chi connectivity index (χ3v) is 4.00. The molecule has 2 N–H and O–H groups in total. The largest absolute Gasteiger partial charge is 0.338 e. The van der Waals surface area contributed by atoms with Crippen molar-refractivity contribution in [3.8, 4) is 0 Å². The second-order valence-electron chi connectivity index (χ2n) is 4.70. The van der Waals surface area contributed by atoms with Crippen LogP contribution in [0.25, 0.3) is 0 Å². The van der Waals surface area contributed by atoms with Crippen LogP contribution in [0.3, 0.4) is 0 Å². The summed E-state index contributed by atoms with van der Waals surface area (Å²) in [6.07, 6.45) is 1.86. The fourth-order valence-electron chi connectivity index (χ4n) is 1.36. The molecule has 98 valence electrons. The maximum atomic E-state index is 11.3. The number of hydrogen-bond acceptors (Lipinski definition) is 6. The van der Waals surface area contributed by atoms with Crippen LogP contribution in [0.5, 0.6) is 0 Å². The van der Waals surface area contributed by atoms with E-state index in [0.29, 0.717) is 11.8 Å². The molecule has 17 heavy (non-hydrogen) atoms. The molecule has 7 heteroatoms. The second kappa shape index (κ2) is 5.14. The SMILES string of the molecule is CC(C)CC(N)c1nc(C(C)S(C)(=O)=O)no1. The van der Waals surface area contributed by atoms with Crippen LogP contribution in [0.1, 0.15) is 50.2 Å². The summed E-state index contributed by atoms with van der Waals surface area (Å²) >= 11 is 0. The number of aromatic nitrogens is 2. The lowest BCUT2D eigenvalue weighted by atomic mass is 10.0. The number of sulfone groups is 1. The highest BCUT2D eigenvalue weighted by Gasteiger charge is 2.24. The van der Waals surface area contributed by atoms with Gasteiger partial charge in [-0.2, -0.15) is 4.98 Å². The van der Waals surface area contributed by atoms with Gasteiger partial charge in [0, 0.05) is 6.26 Å². The minimum atomic E-state index is -3.22. The van der Waals surface area contributed by atoms with Gasteiger partial charge in [0.15, 0.2) is 15.7 Å². The molecule has 0 spiro atoms. The molecular formula is C10H19N3O3S. The number of nitrogens with zero attached hydrogens (tertiary/aromatic N) is 2. The smallest absolute Gasteiger partial charge is 0.243 e. The monoisotopic (exact) mass is 261 g/mol. The van der Waals surface area contributed by atoms with Gasteiger partial charge in [-0.25, -0.2) is 8.42 Å². The average molecular weight is 261 g/mol. The van der Waals surface area contributed by atoms with Crippen molar-refractivity contribution < 1.29 is 12.9 Å². The first kappa shape index (κ1) is 14.1. The van der Waals surface area contributed by atoms with Gasteiger partial charge in [0.2, 0.25) is 5.89 Å². The summed E-state index contributed by atoms with van der Waals surface area (Å²) in [5.41, 5.74) is 5.87. The molecule has 0 amide bonds. The molecule has 1 aromatic heterocycles. The summed E-state index contributed by atoms with van der Waals surface area (Å²) in [6.45, 7) is 5.60. The van der Waals surface area contributed by atoms with Crippen molar-refractivity contribution in [1.82, 2.24) is 10.1 Å². The van der Waals surface area contributed by atoms with Crippen LogP contribution in [-0.4, -0.2) is 24.8 Å². The van der Waals surface area contributed by atoms with Gasteiger partial charge in [-0.3, -0.25) is 0 Å². The molecule has 0 saturated heterocycles. The highest BCUT2D eigenvalue weighted by molar-refractivity contribution is 7.90. The Labute approximate surface area is 102 Å². The lowest BCUT2D eigenvalue weighted by Crippen LogP contribution is -2.14. The van der Waals surface area contributed by atoms with E-state index in [-0.39, 0.29) is 11.9 Å². The van der Waals surface area contributed by atoms with Crippen molar-refractivity contribution in [2.24, 2.45) is 11.7 Å². The van der Waals surface area contributed by atoms with Crippen molar-refractivity contribution in [1.29, 1.82) is 0 Å². The fraction of sp³-hybridized carbons (Fsp3) is 0.800. The zero-order chi connectivity index (χ0) is 13.2. The summed E-state index contributed by atoms with van der Waals surface area (Å²) in [5, 5.41) is 2.89. The van der Waals surface area contributed by atoms with Crippen LogP contribution in [0.2, 0.25) is 0 Å². The predicted octanol–water partition coefficient (Wildman–Crippen LogP) is 1.22. The van der Waals surface area contributed by atoms with Crippen molar-refractivity contribution in [2.75, 3.05) is 6.26 Å². The molecule has 1 rings (SSSR count). The molecule has 0 aliphatic heterocycles. The van der Waals surface area contributed by atoms with E-state index < -0.39 is 15.1 Å². The Morgan fingerprint density at radius 2 is 1.94 bits per heavy atom. The van der Waals surface area contributed by atoms with Crippen LogP contribution in [-0.2, 0) is 9.84 Å². The first-order chi connectivity index (χ1) is 7.71. The molecule has 6 nitrogen and oxygen atoms in total. The summed E-state index contributed by atoms with van der Waals surface area (Å²) in [7, 11) is -3.22. The quantitative estimate of drug-likeness (QED) is 0.855. The Morgan fingerprint density at radius 1 is 1.35 bits per heavy atom. The van der Waals surface area contributed by atoms with E-state index in [1.54, 1.807) is 0 Å². The minimum Gasteiger partial charge on any atom is -0.338 e. The molecule has 0 aliphatic rings. The van der Waals surface area contributed by atoms with Crippen LogP contribution >= 0.6 is 0 Å². The number of rotatable bonds is 5. The highest BCUT2D eigenvalue weighted by atomic mass is 32.2. The summed E-state index contributed by atoms with van der Waals surface area (Å²) in [5.74, 6) is 0.874. The van der Waals surface area contributed by atoms with Crippen molar-refractivity contribution >= 4 is 9.84 Å². The van der Waals surface area contributed by atoms with Crippen LogP contribution in [0, 0.1) is 5.92 Å². The number of nitrogens with two attached hydrogens (primary N) is 1. The van der Waals surface area contributed by atoms with Crippen LogP contribution in [0.4, 0.5) is 0 Å². The lowest BCUT2D eigenvalue weighted by molar-refractivity contribution is 0.332. The molecule has 0 saturated carbocycles. The van der Waals surface area contributed by atoms with Gasteiger partial charge in [-0.1, -0.05) is 19.0 Å². The van der Waals surface area contributed by atoms with E-state index in [2.05, 4.69) is 10.1 Å². The first-order valence-electron chi connectivity index (χ1n) is 5.49. The Kier molecular flexibility index (Phi) is 4.26. The van der Waals surface area contributed by atoms with E-state index >= 15 is 0 Å². The van der Waals surface area contributed by atoms with Crippen LogP contribution < -0.4 is 5.73 Å². The minimum absolute atomic E-state index is 0.168. The van der Waals surface area contributed by atoms with E-state index in [9.17, 15) is 8.42 Å². The molecule has 0 aromatic carbocycles. The zero-order valence-electron chi connectivity index (χ0n) is 10.5. The predicted molar refractivity (Wildman–Crippen MR) is 63.9 cm³/mol. The molecular weight excluding hydrogens is 242 g/mol. The third kappa shape index (κ3) is 3.78. The Morgan fingerprint density at radius 3 is 2.41 bits per heavy atom. The van der Waals surface area contributed by atoms with Crippen LogP contribution in [0.15, 0.2) is 4.52 Å². The highest BCUT2D eigenvalue weighted by Crippen LogP contribution is 2.21. The molecule has 1 heterocycles. The standard InChI is InChI=1S/C10H19N3O3S/c1-6(2)5-8(11)10-12-9(13-16-10)7(3)17(4,14)15/h6-8H,5,11H2,1-4H3. The topological polar surface area (TPSA) is 99.1 Å². The molecule has 0 fully saturated rings. The summed E-state index contributed by atoms with van der Waals surface area (Å²) < 4.78 is 27.7. The fourth-order valence-corrected chi connectivity index (χ4v) is 1.84. The first-order valence-corrected chi connectivity index (χ1v) is 7.45. The van der Waals surface area contributed by atoms with E-state index in [4.69, 9.17) is 10.3 Å². The normalized spacial score (nSPS) is 16.1. The van der Waals surface area contributed by atoms with Crippen molar-refractivity contribution in [3.05, 3.63) is 11.7 Å². The Hall–Kier alpha value is -0.950. The van der Waals surface area contributed by atoms with Gasteiger partial charge in [-0.05, 0) is 19.3 Å². The molecule has 1 aromatic rings. The van der Waals surface area contributed by atoms with E-state index in [1.807, 2.05) is 13.8 Å². The molecule has 0 bridgehead atoms. The second-order valence-corrected chi connectivity index (χ2v) is 7.06. The lowest BCUT2D eigenvalue weighted by Gasteiger charge is -2.08. The van der Waals surface area contributed by atoms with Gasteiger partial charge < -0.3 is 10.3 Å². The van der Waals surface area contributed by atoms with Gasteiger partial charge in [0.25, 0.3) is 0 Å². The average Bonchev–Trinajstić information content (AvgIpc) is 2.62. The third-order valence-electron chi connectivity index (χ3n) is 2.51. The molecule has 0 radical (unpaired) electrons. The zero-order valence-corrected chi connectivity index (χ0v) is 11.4. The van der Waals surface area contributed by atoms with Crippen molar-refractivity contribution in [2.45, 2.75) is 38.5 Å². The Balaban J connectivity index is 2.85. The Bertz CT molecular complexity index is 467. The molecule has 2 atom stereocenters. The van der Waals surface area contributed by atoms with E-state index in [1.165, 1.54) is 6.92 Å².